The normalized spacial score (nSPS) is 13.2. The Labute approximate surface area is 398 Å². The molecule has 0 unspecified atom stereocenters. The molecule has 1 aliphatic carbocycles. The monoisotopic (exact) mass is 870 g/mol. The Kier molecular flexibility index (Phi) is 9.97. The van der Waals surface area contributed by atoms with Crippen molar-refractivity contribution in [1.29, 1.82) is 0 Å². The van der Waals surface area contributed by atoms with Gasteiger partial charge in [0, 0.05) is 39.0 Å². The second-order valence-corrected chi connectivity index (χ2v) is 18.6. The summed E-state index contributed by atoms with van der Waals surface area (Å²) in [7, 11) is 0. The lowest BCUT2D eigenvalue weighted by Crippen LogP contribution is -2.12. The van der Waals surface area contributed by atoms with E-state index in [9.17, 15) is 0 Å². The van der Waals surface area contributed by atoms with Gasteiger partial charge in [-0.25, -0.2) is 0 Å². The minimum Gasteiger partial charge on any atom is -0.310 e. The van der Waals surface area contributed by atoms with E-state index in [-0.39, 0.29) is 0 Å². The zero-order valence-electron chi connectivity index (χ0n) is 38.0. The van der Waals surface area contributed by atoms with E-state index in [1.54, 1.807) is 0 Å². The van der Waals surface area contributed by atoms with Gasteiger partial charge in [-0.15, -0.1) is 0 Å². The molecule has 0 bridgehead atoms. The molecule has 0 spiro atoms. The largest absolute Gasteiger partial charge is 0.310 e. The van der Waals surface area contributed by atoms with E-state index < -0.39 is 0 Å². The van der Waals surface area contributed by atoms with Crippen LogP contribution < -0.4 is 4.90 Å². The number of hydrogen-bond donors (Lipinski definition) is 0. The fraction of sp³-hybridized carbons (Fsp3) is 0.0909. The van der Waals surface area contributed by atoms with Crippen molar-refractivity contribution in [3.8, 4) is 39.1 Å². The molecule has 1 fully saturated rings. The van der Waals surface area contributed by atoms with Gasteiger partial charge in [0.15, 0.2) is 0 Å². The number of fused-ring (bicyclic) bond motifs is 7. The molecule has 11 aromatic carbocycles. The third-order valence-electron chi connectivity index (χ3n) is 14.7. The molecule has 0 N–H and O–H groups in total. The zero-order chi connectivity index (χ0) is 45.0. The maximum Gasteiger partial charge on any atom is 0.0619 e. The maximum atomic E-state index is 2.51. The molecule has 324 valence electrons. The number of aromatic nitrogens is 1. The molecule has 1 aromatic heterocycles. The Balaban J connectivity index is 1.04. The van der Waals surface area contributed by atoms with Gasteiger partial charge < -0.3 is 9.47 Å². The van der Waals surface area contributed by atoms with Gasteiger partial charge in [-0.3, -0.25) is 0 Å². The highest BCUT2D eigenvalue weighted by molar-refractivity contribution is 6.15. The van der Waals surface area contributed by atoms with E-state index in [0.717, 1.165) is 28.3 Å². The van der Waals surface area contributed by atoms with Gasteiger partial charge >= 0.3 is 0 Å². The van der Waals surface area contributed by atoms with Crippen LogP contribution in [0, 0.1) is 0 Å². The number of rotatable bonds is 8. The minimum atomic E-state index is 0.567. The third-order valence-corrected chi connectivity index (χ3v) is 14.7. The van der Waals surface area contributed by atoms with Crippen molar-refractivity contribution in [2.45, 2.75) is 38.0 Å². The lowest BCUT2D eigenvalue weighted by molar-refractivity contribution is 0.445. The first-order chi connectivity index (χ1) is 33.8. The van der Waals surface area contributed by atoms with Crippen LogP contribution >= 0.6 is 0 Å². The highest BCUT2D eigenvalue weighted by atomic mass is 15.1. The van der Waals surface area contributed by atoms with Crippen LogP contribution in [0.5, 0.6) is 0 Å². The molecule has 12 aromatic rings. The first-order valence-corrected chi connectivity index (χ1v) is 24.4. The van der Waals surface area contributed by atoms with Gasteiger partial charge in [-0.2, -0.15) is 0 Å². The smallest absolute Gasteiger partial charge is 0.0619 e. The van der Waals surface area contributed by atoms with Crippen LogP contribution in [-0.2, 0) is 0 Å². The van der Waals surface area contributed by atoms with Gasteiger partial charge in [-0.1, -0.05) is 207 Å². The molecular formula is C66H50N2. The average Bonchev–Trinajstić information content (AvgIpc) is 3.76. The van der Waals surface area contributed by atoms with Crippen molar-refractivity contribution in [2.75, 3.05) is 4.90 Å². The molecule has 1 saturated carbocycles. The Morgan fingerprint density at radius 3 is 1.78 bits per heavy atom. The summed E-state index contributed by atoms with van der Waals surface area (Å²) in [5, 5.41) is 10.3. The molecule has 2 heteroatoms. The molecular weight excluding hydrogens is 821 g/mol. The lowest BCUT2D eigenvalue weighted by Gasteiger charge is -2.30. The van der Waals surface area contributed by atoms with Crippen LogP contribution in [-0.4, -0.2) is 4.57 Å². The van der Waals surface area contributed by atoms with Crippen molar-refractivity contribution in [3.63, 3.8) is 0 Å². The Hall–Kier alpha value is -8.20. The van der Waals surface area contributed by atoms with Gasteiger partial charge in [0.25, 0.3) is 0 Å². The van der Waals surface area contributed by atoms with E-state index in [2.05, 4.69) is 246 Å². The summed E-state index contributed by atoms with van der Waals surface area (Å²) in [4.78, 5) is 2.51. The molecule has 0 radical (unpaired) electrons. The second-order valence-electron chi connectivity index (χ2n) is 18.6. The van der Waals surface area contributed by atoms with Crippen molar-refractivity contribution in [2.24, 2.45) is 0 Å². The zero-order valence-corrected chi connectivity index (χ0v) is 38.0. The van der Waals surface area contributed by atoms with Crippen molar-refractivity contribution >= 4 is 71.2 Å². The Bertz CT molecular complexity index is 3850. The van der Waals surface area contributed by atoms with Crippen LogP contribution in [0.25, 0.3) is 93.2 Å². The van der Waals surface area contributed by atoms with E-state index in [1.807, 2.05) is 0 Å². The third kappa shape index (κ3) is 6.78. The molecule has 1 heterocycles. The predicted molar refractivity (Wildman–Crippen MR) is 290 cm³/mol. The summed E-state index contributed by atoms with van der Waals surface area (Å²) in [5.74, 6) is 0.567. The number of hydrogen-bond acceptors (Lipinski definition) is 1. The fourth-order valence-corrected chi connectivity index (χ4v) is 11.7. The van der Waals surface area contributed by atoms with Crippen molar-refractivity contribution < 1.29 is 0 Å². The van der Waals surface area contributed by atoms with Gasteiger partial charge in [0.1, 0.15) is 0 Å². The Morgan fingerprint density at radius 2 is 0.956 bits per heavy atom. The van der Waals surface area contributed by atoms with Crippen LogP contribution in [0.1, 0.15) is 43.6 Å². The molecule has 1 aliphatic rings. The van der Waals surface area contributed by atoms with Crippen molar-refractivity contribution in [3.05, 3.63) is 242 Å². The predicted octanol–water partition coefficient (Wildman–Crippen LogP) is 18.8. The fourth-order valence-electron chi connectivity index (χ4n) is 11.7. The molecule has 0 amide bonds. The van der Waals surface area contributed by atoms with E-state index >= 15 is 0 Å². The summed E-state index contributed by atoms with van der Waals surface area (Å²) >= 11 is 0. The molecule has 2 nitrogen and oxygen atoms in total. The molecule has 13 rings (SSSR count). The first-order valence-electron chi connectivity index (χ1n) is 24.4. The molecule has 68 heavy (non-hydrogen) atoms. The van der Waals surface area contributed by atoms with E-state index in [0.29, 0.717) is 5.92 Å². The SMILES string of the molecule is c1ccc(-n2c3ccccc3c3cccc(-c4cccc(N(c5cccc(-c6cccc7c6ccc6ccccc67)c5)c5ccccc5-c5cccc6cccc(C7CCCCC7)c56)c4)c32)cc1. The topological polar surface area (TPSA) is 8.17 Å². The standard InChI is InChI=1S/C66H50N2/c1-3-19-45(20-4-1)55-34-15-22-47-23-16-37-61(65(47)55)59-31-9-11-39-63(59)67(51-28-13-24-48(43-51)54-33-17-36-57-53-30-8-7-21-46(53)41-42-58(54)57)52-29-14-25-49(44-52)56-35-18-38-62-60-32-10-12-40-64(60)68(66(56)62)50-26-5-2-6-27-50/h2,5-18,21-45H,1,3-4,19-20H2. The summed E-state index contributed by atoms with van der Waals surface area (Å²) in [6.45, 7) is 0. The number of anilines is 3. The summed E-state index contributed by atoms with van der Waals surface area (Å²) in [6.07, 6.45) is 6.43. The highest BCUT2D eigenvalue weighted by Gasteiger charge is 2.24. The first kappa shape index (κ1) is 40.1. The average molecular weight is 871 g/mol. The lowest BCUT2D eigenvalue weighted by atomic mass is 9.80. The molecule has 0 saturated heterocycles. The molecule has 0 aliphatic heterocycles. The maximum absolute atomic E-state index is 2.51. The van der Waals surface area contributed by atoms with Crippen molar-refractivity contribution in [1.82, 2.24) is 4.57 Å². The number of benzene rings is 11. The van der Waals surface area contributed by atoms with Crippen LogP contribution in [0.2, 0.25) is 0 Å². The van der Waals surface area contributed by atoms with E-state index in [4.69, 9.17) is 0 Å². The van der Waals surface area contributed by atoms with E-state index in [1.165, 1.54) is 120 Å². The summed E-state index contributed by atoms with van der Waals surface area (Å²) in [5.41, 5.74) is 15.7. The highest BCUT2D eigenvalue weighted by Crippen LogP contribution is 2.48. The van der Waals surface area contributed by atoms with Gasteiger partial charge in [-0.05, 0) is 127 Å². The number of nitrogens with zero attached hydrogens (tertiary/aromatic N) is 2. The Morgan fingerprint density at radius 1 is 0.368 bits per heavy atom. The van der Waals surface area contributed by atoms with Crippen LogP contribution in [0.4, 0.5) is 17.1 Å². The quantitative estimate of drug-likeness (QED) is 0.138. The molecule has 0 atom stereocenters. The number of para-hydroxylation sites is 4. The van der Waals surface area contributed by atoms with Crippen LogP contribution in [0.15, 0.2) is 237 Å². The van der Waals surface area contributed by atoms with Gasteiger partial charge in [0.2, 0.25) is 0 Å². The summed E-state index contributed by atoms with van der Waals surface area (Å²) < 4.78 is 2.45. The van der Waals surface area contributed by atoms with Crippen LogP contribution in [0.3, 0.4) is 0 Å². The summed E-state index contributed by atoms with van der Waals surface area (Å²) in [6, 6.07) is 87.9. The minimum absolute atomic E-state index is 0.567. The van der Waals surface area contributed by atoms with Gasteiger partial charge in [0.05, 0.1) is 16.7 Å². The second kappa shape index (κ2) is 16.9.